The Morgan fingerprint density at radius 2 is 1.82 bits per heavy atom. The molecule has 0 saturated carbocycles. The van der Waals surface area contributed by atoms with Gasteiger partial charge in [-0.2, -0.15) is 0 Å². The van der Waals surface area contributed by atoms with Gasteiger partial charge in [0.2, 0.25) is 0 Å². The number of imide groups is 1. The van der Waals surface area contributed by atoms with E-state index in [1.807, 2.05) is 0 Å². The highest BCUT2D eigenvalue weighted by Gasteiger charge is 2.32. The number of rotatable bonds is 2. The summed E-state index contributed by atoms with van der Waals surface area (Å²) in [6.45, 7) is 3.58. The molecule has 0 aliphatic carbocycles. The lowest BCUT2D eigenvalue weighted by Crippen LogP contribution is -2.38. The van der Waals surface area contributed by atoms with Crippen molar-refractivity contribution in [2.45, 2.75) is 19.8 Å². The zero-order chi connectivity index (χ0) is 20.0. The number of piperidine rings is 1. The number of pyridine rings is 1. The smallest absolute Gasteiger partial charge is 0.262 e. The number of nitrogens with zero attached hydrogens (tertiary/aromatic N) is 2. The van der Waals surface area contributed by atoms with Gasteiger partial charge < -0.3 is 10.6 Å². The predicted octanol–water partition coefficient (Wildman–Crippen LogP) is 1.18. The van der Waals surface area contributed by atoms with E-state index < -0.39 is 17.4 Å². The van der Waals surface area contributed by atoms with Crippen LogP contribution >= 0.6 is 0 Å². The number of nitrogen functional groups attached to an aromatic ring is 1. The number of hydrogen-bond donors (Lipinski definition) is 2. The van der Waals surface area contributed by atoms with Crippen LogP contribution in [0.2, 0.25) is 0 Å². The van der Waals surface area contributed by atoms with E-state index in [2.05, 4.69) is 12.2 Å². The molecule has 4 rings (SSSR count). The third-order valence-corrected chi connectivity index (χ3v) is 5.38. The Hall–Kier alpha value is -3.42. The normalized spacial score (nSPS) is 16.8. The van der Waals surface area contributed by atoms with Crippen molar-refractivity contribution in [1.29, 1.82) is 0 Å². The highest BCUT2D eigenvalue weighted by atomic mass is 16.2. The van der Waals surface area contributed by atoms with E-state index in [-0.39, 0.29) is 22.9 Å². The third kappa shape index (κ3) is 2.87. The van der Waals surface area contributed by atoms with Crippen molar-refractivity contribution in [3.63, 3.8) is 0 Å². The minimum absolute atomic E-state index is 0.0219. The number of hydrogen-bond acceptors (Lipinski definition) is 5. The van der Waals surface area contributed by atoms with Gasteiger partial charge in [-0.05, 0) is 37.0 Å². The number of aromatic nitrogens is 1. The largest absolute Gasteiger partial charge is 0.384 e. The Balaban J connectivity index is 1.74. The predicted molar refractivity (Wildman–Crippen MR) is 103 cm³/mol. The molecule has 28 heavy (non-hydrogen) atoms. The van der Waals surface area contributed by atoms with Crippen LogP contribution in [0.4, 0.5) is 5.82 Å². The van der Waals surface area contributed by atoms with E-state index in [0.29, 0.717) is 30.3 Å². The quantitative estimate of drug-likeness (QED) is 0.759. The number of nitrogens with one attached hydrogen (secondary N) is 1. The molecule has 0 radical (unpaired) electrons. The van der Waals surface area contributed by atoms with Gasteiger partial charge in [0.25, 0.3) is 23.3 Å². The molecular weight excluding hydrogens is 360 g/mol. The van der Waals surface area contributed by atoms with Crippen LogP contribution in [0, 0.1) is 5.92 Å². The van der Waals surface area contributed by atoms with Crippen molar-refractivity contribution < 1.29 is 14.4 Å². The number of benzene rings is 1. The highest BCUT2D eigenvalue weighted by molar-refractivity contribution is 6.23. The van der Waals surface area contributed by atoms with Crippen molar-refractivity contribution in [3.8, 4) is 5.69 Å². The molecule has 1 aromatic heterocycles. The van der Waals surface area contributed by atoms with Gasteiger partial charge in [-0.3, -0.25) is 29.1 Å². The van der Waals surface area contributed by atoms with Crippen molar-refractivity contribution in [3.05, 3.63) is 57.4 Å². The van der Waals surface area contributed by atoms with Crippen LogP contribution in [-0.4, -0.2) is 40.3 Å². The molecule has 2 aliphatic rings. The van der Waals surface area contributed by atoms with E-state index in [0.717, 1.165) is 23.5 Å². The topological polar surface area (TPSA) is 114 Å². The number of fused-ring (bicyclic) bond motifs is 1. The van der Waals surface area contributed by atoms with E-state index in [9.17, 15) is 19.2 Å². The molecule has 0 spiro atoms. The molecule has 1 fully saturated rings. The van der Waals surface area contributed by atoms with Crippen molar-refractivity contribution >= 4 is 23.5 Å². The molecular formula is C20H20N4O4. The monoisotopic (exact) mass is 380 g/mol. The first-order valence-corrected chi connectivity index (χ1v) is 9.17. The summed E-state index contributed by atoms with van der Waals surface area (Å²) in [5.74, 6) is -0.897. The fourth-order valence-electron chi connectivity index (χ4n) is 3.72. The summed E-state index contributed by atoms with van der Waals surface area (Å²) < 4.78 is 1.14. The number of amides is 3. The number of carbonyl (C=O) groups is 3. The number of carbonyl (C=O) groups excluding carboxylic acids is 3. The third-order valence-electron chi connectivity index (χ3n) is 5.38. The van der Waals surface area contributed by atoms with E-state index in [4.69, 9.17) is 5.73 Å². The molecule has 1 saturated heterocycles. The first kappa shape index (κ1) is 18.0. The molecule has 0 unspecified atom stereocenters. The summed E-state index contributed by atoms with van der Waals surface area (Å²) in [6.07, 6.45) is 1.93. The maximum Gasteiger partial charge on any atom is 0.262 e. The molecule has 8 nitrogen and oxygen atoms in total. The molecule has 2 aromatic rings. The SMILES string of the molecule is CC1CCN(C(=O)c2cccc(-n3c(N)c4c(cc3=O)C(=O)NC4=O)c2)CC1. The Morgan fingerprint density at radius 1 is 1.11 bits per heavy atom. The zero-order valence-electron chi connectivity index (χ0n) is 15.4. The molecule has 0 atom stereocenters. The van der Waals surface area contributed by atoms with Crippen LogP contribution in [-0.2, 0) is 0 Å². The maximum atomic E-state index is 12.8. The van der Waals surface area contributed by atoms with Crippen LogP contribution in [0.5, 0.6) is 0 Å². The zero-order valence-corrected chi connectivity index (χ0v) is 15.4. The molecule has 0 bridgehead atoms. The Kier molecular flexibility index (Phi) is 4.26. The highest BCUT2D eigenvalue weighted by Crippen LogP contribution is 2.24. The maximum absolute atomic E-state index is 12.8. The molecule has 1 aromatic carbocycles. The van der Waals surface area contributed by atoms with Gasteiger partial charge in [0.05, 0.1) is 16.8 Å². The molecule has 3 heterocycles. The van der Waals surface area contributed by atoms with Crippen LogP contribution in [0.1, 0.15) is 50.8 Å². The Morgan fingerprint density at radius 3 is 2.54 bits per heavy atom. The standard InChI is InChI=1S/C20H20N4O4/c1-11-5-7-23(8-6-11)20(28)12-3-2-4-13(9-12)24-15(25)10-14-16(17(24)21)19(27)22-18(14)26/h2-4,9-11H,5-8,21H2,1H3,(H,22,26,27). The second-order valence-corrected chi connectivity index (χ2v) is 7.30. The van der Waals surface area contributed by atoms with E-state index in [1.165, 1.54) is 0 Å². The van der Waals surface area contributed by atoms with Gasteiger partial charge in [-0.15, -0.1) is 0 Å². The van der Waals surface area contributed by atoms with Gasteiger partial charge in [-0.25, -0.2) is 0 Å². The number of anilines is 1. The minimum atomic E-state index is -0.640. The number of likely N-dealkylation sites (tertiary alicyclic amines) is 1. The van der Waals surface area contributed by atoms with E-state index in [1.54, 1.807) is 29.2 Å². The molecule has 3 amide bonds. The minimum Gasteiger partial charge on any atom is -0.384 e. The lowest BCUT2D eigenvalue weighted by atomic mass is 9.98. The molecule has 2 aliphatic heterocycles. The average molecular weight is 380 g/mol. The molecule has 3 N–H and O–H groups in total. The summed E-state index contributed by atoms with van der Waals surface area (Å²) >= 11 is 0. The van der Waals surface area contributed by atoms with Crippen LogP contribution in [0.3, 0.4) is 0 Å². The second kappa shape index (κ2) is 6.63. The number of nitrogens with two attached hydrogens (primary N) is 1. The van der Waals surface area contributed by atoms with Crippen LogP contribution < -0.4 is 16.6 Å². The van der Waals surface area contributed by atoms with Gasteiger partial charge in [0.1, 0.15) is 5.82 Å². The summed E-state index contributed by atoms with van der Waals surface area (Å²) in [6, 6.07) is 7.66. The fourth-order valence-corrected chi connectivity index (χ4v) is 3.72. The van der Waals surface area contributed by atoms with Gasteiger partial charge in [-0.1, -0.05) is 13.0 Å². The summed E-state index contributed by atoms with van der Waals surface area (Å²) in [5, 5.41) is 2.13. The summed E-state index contributed by atoms with van der Waals surface area (Å²) in [7, 11) is 0. The van der Waals surface area contributed by atoms with E-state index >= 15 is 0 Å². The average Bonchev–Trinajstić information content (AvgIpc) is 2.95. The van der Waals surface area contributed by atoms with Gasteiger partial charge in [0, 0.05) is 24.7 Å². The lowest BCUT2D eigenvalue weighted by Gasteiger charge is -2.30. The lowest BCUT2D eigenvalue weighted by molar-refractivity contribution is 0.0696. The van der Waals surface area contributed by atoms with Gasteiger partial charge in [0.15, 0.2) is 0 Å². The van der Waals surface area contributed by atoms with Crippen molar-refractivity contribution in [2.75, 3.05) is 18.8 Å². The Bertz CT molecular complexity index is 1060. The molecule has 144 valence electrons. The molecule has 8 heteroatoms. The van der Waals surface area contributed by atoms with Crippen LogP contribution in [0.15, 0.2) is 35.1 Å². The Labute approximate surface area is 160 Å². The van der Waals surface area contributed by atoms with Gasteiger partial charge >= 0.3 is 0 Å². The first-order valence-electron chi connectivity index (χ1n) is 9.17. The van der Waals surface area contributed by atoms with Crippen LogP contribution in [0.25, 0.3) is 5.69 Å². The second-order valence-electron chi connectivity index (χ2n) is 7.30. The van der Waals surface area contributed by atoms with Crippen molar-refractivity contribution in [2.24, 2.45) is 5.92 Å². The fraction of sp³-hybridized carbons (Fsp3) is 0.300. The summed E-state index contributed by atoms with van der Waals surface area (Å²) in [5.41, 5.74) is 6.28. The van der Waals surface area contributed by atoms with Crippen molar-refractivity contribution in [1.82, 2.24) is 14.8 Å². The summed E-state index contributed by atoms with van der Waals surface area (Å²) in [4.78, 5) is 51.0. The first-order chi connectivity index (χ1) is 13.4.